The molecule has 1 atom stereocenters. The lowest BCUT2D eigenvalue weighted by atomic mass is 10.0. The van der Waals surface area contributed by atoms with Crippen molar-refractivity contribution in [1.29, 1.82) is 0 Å². The van der Waals surface area contributed by atoms with Crippen molar-refractivity contribution in [1.82, 2.24) is 4.72 Å². The lowest BCUT2D eigenvalue weighted by molar-refractivity contribution is 0.588. The summed E-state index contributed by atoms with van der Waals surface area (Å²) in [5.41, 5.74) is 7.79. The Morgan fingerprint density at radius 1 is 1.40 bits per heavy atom. The predicted molar refractivity (Wildman–Crippen MR) is 84.3 cm³/mol. The molecule has 0 unspecified atom stereocenters. The Bertz CT molecular complexity index is 593. The van der Waals surface area contributed by atoms with E-state index in [0.29, 0.717) is 5.92 Å². The molecule has 1 aliphatic carbocycles. The summed E-state index contributed by atoms with van der Waals surface area (Å²) in [5.74, 6) is 0.682. The first kappa shape index (κ1) is 17.2. The Balaban J connectivity index is 0.00000200. The maximum Gasteiger partial charge on any atom is 0.240 e. The van der Waals surface area contributed by atoms with Gasteiger partial charge in [-0.05, 0) is 56.0 Å². The molecule has 0 bridgehead atoms. The van der Waals surface area contributed by atoms with Gasteiger partial charge in [0, 0.05) is 6.04 Å². The van der Waals surface area contributed by atoms with Gasteiger partial charge in [-0.25, -0.2) is 13.1 Å². The van der Waals surface area contributed by atoms with E-state index >= 15 is 0 Å². The minimum absolute atomic E-state index is 0. The molecule has 2 rings (SSSR count). The Hall–Kier alpha value is -0.880. The Kier molecular flexibility index (Phi) is 5.77. The Labute approximate surface area is 126 Å². The molecule has 0 aliphatic heterocycles. The topological polar surface area (TPSA) is 72.2 Å². The van der Waals surface area contributed by atoms with Gasteiger partial charge < -0.3 is 5.73 Å². The highest BCUT2D eigenvalue weighted by molar-refractivity contribution is 7.89. The fraction of sp³-hybridized carbons (Fsp3) is 0.429. The Morgan fingerprint density at radius 3 is 2.55 bits per heavy atom. The summed E-state index contributed by atoms with van der Waals surface area (Å²) in [5, 5.41) is 0. The lowest BCUT2D eigenvalue weighted by Crippen LogP contribution is -2.19. The van der Waals surface area contributed by atoms with E-state index < -0.39 is 10.0 Å². The molecule has 0 amide bonds. The van der Waals surface area contributed by atoms with Crippen molar-refractivity contribution >= 4 is 28.5 Å². The first-order valence-electron chi connectivity index (χ1n) is 6.45. The third-order valence-electron chi connectivity index (χ3n) is 3.30. The molecule has 1 aliphatic rings. The van der Waals surface area contributed by atoms with Gasteiger partial charge in [0.25, 0.3) is 0 Å². The van der Waals surface area contributed by atoms with Gasteiger partial charge >= 0.3 is 0 Å². The summed E-state index contributed by atoms with van der Waals surface area (Å²) in [6.45, 7) is 1.86. The maximum atomic E-state index is 11.8. The smallest absolute Gasteiger partial charge is 0.240 e. The summed E-state index contributed by atoms with van der Waals surface area (Å²) in [7, 11) is -2.01. The van der Waals surface area contributed by atoms with Crippen molar-refractivity contribution in [2.75, 3.05) is 7.05 Å². The molecule has 112 valence electrons. The van der Waals surface area contributed by atoms with Gasteiger partial charge in [0.2, 0.25) is 10.0 Å². The zero-order valence-corrected chi connectivity index (χ0v) is 13.3. The number of allylic oxidation sites excluding steroid dienone is 1. The number of hydrogen-bond donors (Lipinski definition) is 2. The molecule has 0 spiro atoms. The SMILES string of the molecule is CNS(=O)(=O)c1ccc(/C=C/C2CC2)c([C@@H](C)N)c1.Cl. The van der Waals surface area contributed by atoms with Crippen LogP contribution in [0, 0.1) is 5.92 Å². The van der Waals surface area contributed by atoms with E-state index in [1.165, 1.54) is 19.9 Å². The van der Waals surface area contributed by atoms with Crippen LogP contribution in [-0.4, -0.2) is 15.5 Å². The number of nitrogens with two attached hydrogens (primary N) is 1. The third kappa shape index (κ3) is 4.06. The molecule has 1 saturated carbocycles. The molecule has 1 fully saturated rings. The molecule has 0 aromatic heterocycles. The number of nitrogens with one attached hydrogen (secondary N) is 1. The largest absolute Gasteiger partial charge is 0.324 e. The number of halogens is 1. The number of benzene rings is 1. The first-order valence-corrected chi connectivity index (χ1v) is 7.93. The summed E-state index contributed by atoms with van der Waals surface area (Å²) in [4.78, 5) is 0.255. The highest BCUT2D eigenvalue weighted by Crippen LogP contribution is 2.31. The molecule has 6 heteroatoms. The van der Waals surface area contributed by atoms with Crippen LogP contribution < -0.4 is 10.5 Å². The van der Waals surface area contributed by atoms with Crippen LogP contribution in [0.4, 0.5) is 0 Å². The molecule has 0 saturated heterocycles. The molecule has 0 radical (unpaired) electrons. The average Bonchev–Trinajstić information content (AvgIpc) is 3.20. The van der Waals surface area contributed by atoms with Crippen LogP contribution in [0.1, 0.15) is 36.9 Å². The fourth-order valence-corrected chi connectivity index (χ4v) is 2.68. The summed E-state index contributed by atoms with van der Waals surface area (Å²) in [6, 6.07) is 4.89. The van der Waals surface area contributed by atoms with Gasteiger partial charge in [0.1, 0.15) is 0 Å². The predicted octanol–water partition coefficient (Wildman–Crippen LogP) is 2.46. The van der Waals surface area contributed by atoms with E-state index in [1.807, 2.05) is 19.1 Å². The second-order valence-electron chi connectivity index (χ2n) is 4.98. The van der Waals surface area contributed by atoms with Crippen molar-refractivity contribution in [3.63, 3.8) is 0 Å². The van der Waals surface area contributed by atoms with E-state index in [4.69, 9.17) is 5.73 Å². The van der Waals surface area contributed by atoms with Gasteiger partial charge in [-0.2, -0.15) is 0 Å². The highest BCUT2D eigenvalue weighted by atomic mass is 35.5. The van der Waals surface area contributed by atoms with Gasteiger partial charge in [-0.1, -0.05) is 18.2 Å². The van der Waals surface area contributed by atoms with Crippen LogP contribution in [0.15, 0.2) is 29.2 Å². The van der Waals surface area contributed by atoms with Crippen LogP contribution >= 0.6 is 12.4 Å². The number of rotatable bonds is 5. The van der Waals surface area contributed by atoms with Gasteiger partial charge in [0.05, 0.1) is 4.90 Å². The van der Waals surface area contributed by atoms with Gasteiger partial charge in [-0.15, -0.1) is 12.4 Å². The zero-order valence-electron chi connectivity index (χ0n) is 11.7. The minimum Gasteiger partial charge on any atom is -0.324 e. The van der Waals surface area contributed by atoms with Crippen molar-refractivity contribution in [2.24, 2.45) is 11.7 Å². The van der Waals surface area contributed by atoms with Crippen LogP contribution in [0.2, 0.25) is 0 Å². The van der Waals surface area contributed by atoms with Crippen LogP contribution in [0.25, 0.3) is 6.08 Å². The third-order valence-corrected chi connectivity index (χ3v) is 4.71. The molecule has 20 heavy (non-hydrogen) atoms. The molecule has 0 heterocycles. The maximum absolute atomic E-state index is 11.8. The number of sulfonamides is 1. The Morgan fingerprint density at radius 2 is 2.05 bits per heavy atom. The summed E-state index contributed by atoms with van der Waals surface area (Å²) >= 11 is 0. The van der Waals surface area contributed by atoms with E-state index in [0.717, 1.165) is 11.1 Å². The van der Waals surface area contributed by atoms with E-state index in [9.17, 15) is 8.42 Å². The van der Waals surface area contributed by atoms with Crippen LogP contribution in [0.5, 0.6) is 0 Å². The van der Waals surface area contributed by atoms with Crippen LogP contribution in [0.3, 0.4) is 0 Å². The van der Waals surface area contributed by atoms with Crippen molar-refractivity contribution < 1.29 is 8.42 Å². The molecular formula is C14H21ClN2O2S. The quantitative estimate of drug-likeness (QED) is 0.876. The molecule has 3 N–H and O–H groups in total. The minimum atomic E-state index is -3.42. The number of hydrogen-bond acceptors (Lipinski definition) is 3. The van der Waals surface area contributed by atoms with Crippen LogP contribution in [-0.2, 0) is 10.0 Å². The second-order valence-corrected chi connectivity index (χ2v) is 6.87. The normalized spacial score (nSPS) is 16.9. The van der Waals surface area contributed by atoms with E-state index in [1.54, 1.807) is 12.1 Å². The summed E-state index contributed by atoms with van der Waals surface area (Å²) < 4.78 is 25.9. The van der Waals surface area contributed by atoms with E-state index in [2.05, 4.69) is 10.8 Å². The molecular weight excluding hydrogens is 296 g/mol. The lowest BCUT2D eigenvalue weighted by Gasteiger charge is -2.12. The van der Waals surface area contributed by atoms with Crippen molar-refractivity contribution in [2.45, 2.75) is 30.7 Å². The second kappa shape index (κ2) is 6.72. The molecule has 1 aromatic rings. The highest BCUT2D eigenvalue weighted by Gasteiger charge is 2.18. The molecule has 1 aromatic carbocycles. The standard InChI is InChI=1S/C14H20N2O2S.ClH/c1-10(15)14-9-13(19(17,18)16-2)8-7-12(14)6-5-11-3-4-11;/h5-11,16H,3-4,15H2,1-2H3;1H/b6-5+;/t10-;/m1./s1. The van der Waals surface area contributed by atoms with Gasteiger partial charge in [-0.3, -0.25) is 0 Å². The monoisotopic (exact) mass is 316 g/mol. The molecule has 4 nitrogen and oxygen atoms in total. The average molecular weight is 317 g/mol. The van der Waals surface area contributed by atoms with E-state index in [-0.39, 0.29) is 23.3 Å². The van der Waals surface area contributed by atoms with Crippen molar-refractivity contribution in [3.8, 4) is 0 Å². The first-order chi connectivity index (χ1) is 8.94. The van der Waals surface area contributed by atoms with Crippen molar-refractivity contribution in [3.05, 3.63) is 35.4 Å². The fourth-order valence-electron chi connectivity index (χ4n) is 1.91. The summed E-state index contributed by atoms with van der Waals surface area (Å²) in [6.07, 6.45) is 6.71. The zero-order chi connectivity index (χ0) is 14.0. The van der Waals surface area contributed by atoms with Gasteiger partial charge in [0.15, 0.2) is 0 Å².